The molecule has 31 heavy (non-hydrogen) atoms. The van der Waals surface area contributed by atoms with E-state index < -0.39 is 5.97 Å². The molecule has 6 heteroatoms. The number of rotatable bonds is 11. The van der Waals surface area contributed by atoms with Gasteiger partial charge in [0.1, 0.15) is 11.6 Å². The maximum atomic E-state index is 11.4. The predicted molar refractivity (Wildman–Crippen MR) is 124 cm³/mol. The maximum Gasteiger partial charge on any atom is 0.304 e. The first-order valence-electron chi connectivity index (χ1n) is 10.2. The van der Waals surface area contributed by atoms with Crippen LogP contribution in [0.4, 0.5) is 11.5 Å². The highest BCUT2D eigenvalue weighted by molar-refractivity contribution is 5.82. The van der Waals surface area contributed by atoms with Crippen molar-refractivity contribution in [2.24, 2.45) is 0 Å². The van der Waals surface area contributed by atoms with E-state index in [1.54, 1.807) is 12.3 Å². The fraction of sp³-hybridized carbons (Fsp3) is 0.200. The number of aromatic nitrogens is 1. The van der Waals surface area contributed by atoms with E-state index in [1.165, 1.54) is 0 Å². The van der Waals surface area contributed by atoms with Crippen molar-refractivity contribution in [3.63, 3.8) is 0 Å². The number of aliphatic carboxylic acids is 1. The van der Waals surface area contributed by atoms with Crippen LogP contribution in [0.15, 0.2) is 79.5 Å². The van der Waals surface area contributed by atoms with Gasteiger partial charge in [0.15, 0.2) is 0 Å². The second-order valence-corrected chi connectivity index (χ2v) is 7.18. The van der Waals surface area contributed by atoms with Crippen LogP contribution in [0.3, 0.4) is 0 Å². The third-order valence-electron chi connectivity index (χ3n) is 4.93. The number of allylic oxidation sites excluding steroid dienone is 1. The lowest BCUT2D eigenvalue weighted by molar-refractivity contribution is -0.137. The minimum absolute atomic E-state index is 0.0518. The van der Waals surface area contributed by atoms with Gasteiger partial charge in [0.05, 0.1) is 13.0 Å². The molecule has 4 N–H and O–H groups in total. The van der Waals surface area contributed by atoms with Gasteiger partial charge in [-0.3, -0.25) is 4.79 Å². The van der Waals surface area contributed by atoms with Crippen LogP contribution in [0, 0.1) is 0 Å². The summed E-state index contributed by atoms with van der Waals surface area (Å²) in [5.74, 6) is 0.267. The van der Waals surface area contributed by atoms with E-state index in [0.29, 0.717) is 23.6 Å². The Kier molecular flexibility index (Phi) is 7.65. The molecule has 0 spiro atoms. The minimum Gasteiger partial charge on any atom is -0.493 e. The second kappa shape index (κ2) is 10.8. The number of nitrogens with zero attached hydrogens (tertiary/aromatic N) is 1. The fourth-order valence-corrected chi connectivity index (χ4v) is 3.36. The Morgan fingerprint density at radius 1 is 1.13 bits per heavy atom. The average Bonchev–Trinajstić information content (AvgIpc) is 2.78. The largest absolute Gasteiger partial charge is 0.493 e. The fourth-order valence-electron chi connectivity index (χ4n) is 3.36. The molecule has 0 unspecified atom stereocenters. The van der Waals surface area contributed by atoms with E-state index in [0.717, 1.165) is 29.9 Å². The smallest absolute Gasteiger partial charge is 0.304 e. The van der Waals surface area contributed by atoms with E-state index >= 15 is 0 Å². The number of nitrogens with one attached hydrogen (secondary N) is 1. The summed E-state index contributed by atoms with van der Waals surface area (Å²) in [6.45, 7) is 5.44. The van der Waals surface area contributed by atoms with Crippen LogP contribution in [0.1, 0.15) is 29.9 Å². The summed E-state index contributed by atoms with van der Waals surface area (Å²) in [6.07, 6.45) is 2.50. The number of carboxylic acid groups (broad SMARTS) is 1. The molecule has 1 heterocycles. The van der Waals surface area contributed by atoms with Crippen LogP contribution in [0.5, 0.6) is 5.75 Å². The number of hydrogen-bond acceptors (Lipinski definition) is 5. The molecule has 0 aliphatic heterocycles. The highest BCUT2D eigenvalue weighted by atomic mass is 16.5. The summed E-state index contributed by atoms with van der Waals surface area (Å²) in [4.78, 5) is 15.6. The van der Waals surface area contributed by atoms with Crippen molar-refractivity contribution in [2.75, 3.05) is 24.2 Å². The molecule has 0 aliphatic carbocycles. The number of anilines is 2. The van der Waals surface area contributed by atoms with Gasteiger partial charge in [0, 0.05) is 36.0 Å². The summed E-state index contributed by atoms with van der Waals surface area (Å²) in [5.41, 5.74) is 9.09. The highest BCUT2D eigenvalue weighted by Crippen LogP contribution is 2.37. The average molecular weight is 418 g/mol. The number of nitrogens with two attached hydrogens (primary N) is 1. The zero-order chi connectivity index (χ0) is 22.1. The molecule has 1 atom stereocenters. The van der Waals surface area contributed by atoms with Crippen LogP contribution in [0.25, 0.3) is 5.57 Å². The molecule has 0 fully saturated rings. The van der Waals surface area contributed by atoms with E-state index in [-0.39, 0.29) is 12.3 Å². The lowest BCUT2D eigenvalue weighted by atomic mass is 9.85. The van der Waals surface area contributed by atoms with Crippen molar-refractivity contribution in [3.8, 4) is 5.75 Å². The Morgan fingerprint density at radius 3 is 2.58 bits per heavy atom. The van der Waals surface area contributed by atoms with E-state index in [9.17, 15) is 9.90 Å². The number of pyridine rings is 1. The van der Waals surface area contributed by atoms with Gasteiger partial charge in [-0.15, -0.1) is 0 Å². The summed E-state index contributed by atoms with van der Waals surface area (Å²) >= 11 is 0. The lowest BCUT2D eigenvalue weighted by Crippen LogP contribution is -2.10. The Labute approximate surface area is 182 Å². The van der Waals surface area contributed by atoms with E-state index in [1.807, 2.05) is 60.7 Å². The second-order valence-electron chi connectivity index (χ2n) is 7.18. The molecule has 3 aromatic rings. The molecule has 6 nitrogen and oxygen atoms in total. The van der Waals surface area contributed by atoms with Gasteiger partial charge in [-0.1, -0.05) is 43.0 Å². The number of hydrogen-bond donors (Lipinski definition) is 3. The molecule has 0 aliphatic rings. The molecule has 1 aromatic heterocycles. The normalized spacial score (nSPS) is 11.5. The molecule has 0 bridgehead atoms. The van der Waals surface area contributed by atoms with Crippen molar-refractivity contribution < 1.29 is 14.6 Å². The third-order valence-corrected chi connectivity index (χ3v) is 4.93. The van der Waals surface area contributed by atoms with Gasteiger partial charge in [-0.25, -0.2) is 4.98 Å². The monoisotopic (exact) mass is 417 g/mol. The first kappa shape index (κ1) is 21.9. The SMILES string of the molecule is C=C(c1ccc(OCCCNc2ccccn2)cc1N)[C@@H](CC(=O)O)c1ccccc1. The molecule has 3 rings (SSSR count). The first-order chi connectivity index (χ1) is 15.0. The first-order valence-corrected chi connectivity index (χ1v) is 10.2. The maximum absolute atomic E-state index is 11.4. The van der Waals surface area contributed by atoms with Gasteiger partial charge < -0.3 is 20.9 Å². The van der Waals surface area contributed by atoms with Crippen molar-refractivity contribution >= 4 is 23.0 Å². The number of carbonyl (C=O) groups is 1. The van der Waals surface area contributed by atoms with E-state index in [2.05, 4.69) is 16.9 Å². The van der Waals surface area contributed by atoms with Gasteiger partial charge in [-0.05, 0) is 41.8 Å². The van der Waals surface area contributed by atoms with Crippen molar-refractivity contribution in [2.45, 2.75) is 18.8 Å². The Balaban J connectivity index is 1.59. The molecular formula is C25H27N3O3. The molecule has 0 radical (unpaired) electrons. The summed E-state index contributed by atoms with van der Waals surface area (Å²) in [7, 11) is 0. The van der Waals surface area contributed by atoms with Gasteiger partial charge in [-0.2, -0.15) is 0 Å². The quantitative estimate of drug-likeness (QED) is 0.306. The van der Waals surface area contributed by atoms with Crippen molar-refractivity contribution in [1.29, 1.82) is 0 Å². The highest BCUT2D eigenvalue weighted by Gasteiger charge is 2.21. The van der Waals surface area contributed by atoms with Crippen LogP contribution in [-0.4, -0.2) is 29.2 Å². The summed E-state index contributed by atoms with van der Waals surface area (Å²) in [6, 6.07) is 20.7. The van der Waals surface area contributed by atoms with Gasteiger partial charge in [0.25, 0.3) is 0 Å². The van der Waals surface area contributed by atoms with Crippen LogP contribution in [0.2, 0.25) is 0 Å². The standard InChI is InChI=1S/C25H27N3O3/c1-18(22(17-25(29)30)19-8-3-2-4-9-19)21-12-11-20(16-23(21)26)31-15-7-14-28-24-10-5-6-13-27-24/h2-6,8-13,16,22H,1,7,14-15,17,26H2,(H,27,28)(H,29,30)/t22-/m1/s1. The van der Waals surface area contributed by atoms with Crippen LogP contribution < -0.4 is 15.8 Å². The number of carboxylic acids is 1. The molecule has 160 valence electrons. The lowest BCUT2D eigenvalue weighted by Gasteiger charge is -2.20. The predicted octanol–water partition coefficient (Wildman–Crippen LogP) is 4.82. The Morgan fingerprint density at radius 2 is 1.90 bits per heavy atom. The molecular weight excluding hydrogens is 390 g/mol. The molecule has 0 saturated heterocycles. The topological polar surface area (TPSA) is 97.5 Å². The van der Waals surface area contributed by atoms with Crippen molar-refractivity contribution in [1.82, 2.24) is 4.98 Å². The Hall–Kier alpha value is -3.80. The number of nitrogen functional groups attached to an aromatic ring is 1. The van der Waals surface area contributed by atoms with Crippen molar-refractivity contribution in [3.05, 3.63) is 90.6 Å². The zero-order valence-corrected chi connectivity index (χ0v) is 17.3. The number of ether oxygens (including phenoxy) is 1. The van der Waals surface area contributed by atoms with Gasteiger partial charge >= 0.3 is 5.97 Å². The molecule has 0 saturated carbocycles. The Bertz CT molecular complexity index is 1010. The van der Waals surface area contributed by atoms with E-state index in [4.69, 9.17) is 10.5 Å². The minimum atomic E-state index is -0.882. The molecule has 0 amide bonds. The summed E-state index contributed by atoms with van der Waals surface area (Å²) in [5, 5.41) is 12.6. The zero-order valence-electron chi connectivity index (χ0n) is 17.3. The van der Waals surface area contributed by atoms with Crippen LogP contribution in [-0.2, 0) is 4.79 Å². The third kappa shape index (κ3) is 6.34. The number of benzene rings is 2. The van der Waals surface area contributed by atoms with Crippen LogP contribution >= 0.6 is 0 Å². The molecule has 2 aromatic carbocycles. The van der Waals surface area contributed by atoms with Gasteiger partial charge in [0.2, 0.25) is 0 Å². The summed E-state index contributed by atoms with van der Waals surface area (Å²) < 4.78 is 5.81.